The van der Waals surface area contributed by atoms with Gasteiger partial charge in [0.05, 0.1) is 57.3 Å². The molecule has 0 radical (unpaired) electrons. The normalized spacial score (nSPS) is 15.9. The van der Waals surface area contributed by atoms with Gasteiger partial charge in [-0.3, -0.25) is 19.8 Å². The Morgan fingerprint density at radius 3 is 1.52 bits per heavy atom. The quantitative estimate of drug-likeness (QED) is 0.132. The monoisotopic (exact) mass is 861 g/mol. The molecule has 2 aliphatic heterocycles. The number of unbranched alkanes of at least 4 members (excludes halogenated alkanes) is 1. The summed E-state index contributed by atoms with van der Waals surface area (Å²) in [6.45, 7) is 4.00. The van der Waals surface area contributed by atoms with E-state index < -0.39 is 36.0 Å². The van der Waals surface area contributed by atoms with E-state index >= 15 is 0 Å². The lowest BCUT2D eigenvalue weighted by Crippen LogP contribution is -3.00. The fourth-order valence-electron chi connectivity index (χ4n) is 6.27. The number of quaternary nitrogens is 1. The maximum atomic E-state index is 14.7. The molecule has 2 fully saturated rings. The highest BCUT2D eigenvalue weighted by Crippen LogP contribution is 2.31. The minimum Gasteiger partial charge on any atom is -1.00 e. The minimum absolute atomic E-state index is 0. The second-order valence-corrected chi connectivity index (χ2v) is 13.8. The standard InChI is InChI=1S/C20H21FN6O3.C19H20FN7O3.ClH/c1-2-3-8-27-24-19(23-25-27)18-7-4-13(10-22-18)16-6-5-14(9-17(16)21)26-11-15(12-28)30-20(26)29;20-16-8-13(26-10-14(11-28)30-19(26)29)3-4-15(16)12-2-5-17(22-9-12)18-23-25-27(24-18)7-1-6-21;/h4-7,9-10,15,28H,2-3,8,11-12H2,1H3;2-5,8-9,14,28H,1,6-7,10-11,21H2;1H/t15-;14-;/m11./s1. The van der Waals surface area contributed by atoms with E-state index in [1.807, 2.05) is 0 Å². The molecule has 5 N–H and O–H groups in total. The Morgan fingerprint density at radius 2 is 1.16 bits per heavy atom. The van der Waals surface area contributed by atoms with Gasteiger partial charge in [0.15, 0.2) is 0 Å². The Bertz CT molecular complexity index is 2250. The van der Waals surface area contributed by atoms with Crippen molar-refractivity contribution in [3.05, 3.63) is 84.7 Å². The first-order valence-electron chi connectivity index (χ1n) is 19.2. The van der Waals surface area contributed by atoms with Crippen LogP contribution in [0.3, 0.4) is 0 Å². The Balaban J connectivity index is 0.000000201. The second-order valence-electron chi connectivity index (χ2n) is 13.8. The van der Waals surface area contributed by atoms with Crippen LogP contribution in [0.4, 0.5) is 29.7 Å². The molecule has 0 saturated carbocycles. The van der Waals surface area contributed by atoms with Gasteiger partial charge in [0.25, 0.3) is 0 Å². The number of nitrogens with zero attached hydrogens (tertiary/aromatic N) is 12. The van der Waals surface area contributed by atoms with Crippen molar-refractivity contribution in [3.63, 3.8) is 0 Å². The van der Waals surface area contributed by atoms with Crippen molar-refractivity contribution in [3.8, 4) is 45.3 Å². The van der Waals surface area contributed by atoms with Crippen LogP contribution in [0.15, 0.2) is 73.1 Å². The van der Waals surface area contributed by atoms with Gasteiger partial charge < -0.3 is 37.8 Å². The molecule has 2 saturated heterocycles. The molecule has 6 aromatic rings. The van der Waals surface area contributed by atoms with Gasteiger partial charge in [-0.1, -0.05) is 25.5 Å². The number of carbonyl (C=O) groups excluding carboxylic acids is 2. The number of aliphatic hydroxyl groups excluding tert-OH is 2. The van der Waals surface area contributed by atoms with Crippen molar-refractivity contribution in [2.45, 2.75) is 51.5 Å². The van der Waals surface area contributed by atoms with Crippen molar-refractivity contribution in [2.24, 2.45) is 0 Å². The summed E-state index contributed by atoms with van der Waals surface area (Å²) >= 11 is 0. The van der Waals surface area contributed by atoms with Gasteiger partial charge >= 0.3 is 12.2 Å². The number of carbonyl (C=O) groups is 2. The number of anilines is 2. The number of ether oxygens (including phenoxy) is 2. The van der Waals surface area contributed by atoms with Crippen LogP contribution in [0.2, 0.25) is 0 Å². The average molecular weight is 862 g/mol. The van der Waals surface area contributed by atoms with Gasteiger partial charge in [-0.05, 0) is 65.4 Å². The predicted octanol–water partition coefficient (Wildman–Crippen LogP) is 0.154. The van der Waals surface area contributed by atoms with E-state index in [-0.39, 0.29) is 38.7 Å². The number of aliphatic hydroxyl groups is 2. The van der Waals surface area contributed by atoms with Gasteiger partial charge in [-0.15, -0.1) is 20.4 Å². The molecular weight excluding hydrogens is 820 g/mol. The lowest BCUT2D eigenvalue weighted by Gasteiger charge is -2.14. The van der Waals surface area contributed by atoms with Crippen LogP contribution in [0, 0.1) is 11.6 Å². The first-order chi connectivity index (χ1) is 29.2. The summed E-state index contributed by atoms with van der Waals surface area (Å²) in [5, 5.41) is 42.9. The third-order valence-electron chi connectivity index (χ3n) is 9.52. The highest BCUT2D eigenvalue weighted by molar-refractivity contribution is 5.91. The maximum absolute atomic E-state index is 14.7. The summed E-state index contributed by atoms with van der Waals surface area (Å²) in [6.07, 6.45) is 3.51. The van der Waals surface area contributed by atoms with E-state index in [9.17, 15) is 18.4 Å². The number of rotatable bonds is 14. The van der Waals surface area contributed by atoms with E-state index in [4.69, 9.17) is 19.7 Å². The van der Waals surface area contributed by atoms with Crippen molar-refractivity contribution < 1.29 is 56.2 Å². The molecule has 2 aliphatic rings. The topological polar surface area (TPSA) is 240 Å². The molecule has 2 amide bonds. The highest BCUT2D eigenvalue weighted by atomic mass is 35.5. The van der Waals surface area contributed by atoms with Crippen molar-refractivity contribution in [1.29, 1.82) is 0 Å². The molecule has 0 spiro atoms. The molecule has 2 atom stereocenters. The number of hydrogen-bond donors (Lipinski definition) is 3. The largest absolute Gasteiger partial charge is 1.00 e. The van der Waals surface area contributed by atoms with Gasteiger partial charge in [0.2, 0.25) is 11.6 Å². The molecule has 0 unspecified atom stereocenters. The molecule has 320 valence electrons. The smallest absolute Gasteiger partial charge is 0.414 e. The molecule has 6 heterocycles. The van der Waals surface area contributed by atoms with Crippen molar-refractivity contribution in [2.75, 3.05) is 42.6 Å². The molecule has 0 bridgehead atoms. The number of amides is 2. The SMILES string of the molecule is CCCCn1nnc(-c2ccc(-c3ccc(N4C[C@H](CO)OC4=O)cc3F)cn2)n1.[Cl-].[NH3+]CCCn1nnc(-c2ccc(-c3ccc(N4C[C@H](CO)OC4=O)cc3F)cn2)n1. The van der Waals surface area contributed by atoms with Crippen LogP contribution in [-0.4, -0.2) is 118 Å². The number of aryl methyl sites for hydroxylation is 2. The van der Waals surface area contributed by atoms with E-state index in [0.29, 0.717) is 69.8 Å². The van der Waals surface area contributed by atoms with Gasteiger partial charge in [-0.25, -0.2) is 18.4 Å². The first-order valence-corrected chi connectivity index (χ1v) is 19.2. The van der Waals surface area contributed by atoms with Gasteiger partial charge in [0.1, 0.15) is 35.2 Å². The summed E-state index contributed by atoms with van der Waals surface area (Å²) in [5.41, 5.74) is 7.45. The summed E-state index contributed by atoms with van der Waals surface area (Å²) in [6, 6.07) is 15.8. The van der Waals surface area contributed by atoms with Crippen LogP contribution in [0.5, 0.6) is 0 Å². The number of tetrazole rings is 2. The Hall–Kier alpha value is -6.55. The van der Waals surface area contributed by atoms with Crippen molar-refractivity contribution in [1.82, 2.24) is 50.4 Å². The Labute approximate surface area is 353 Å². The van der Waals surface area contributed by atoms with E-state index in [1.54, 1.807) is 54.7 Å². The fourth-order valence-corrected chi connectivity index (χ4v) is 6.27. The minimum atomic E-state index is -0.609. The van der Waals surface area contributed by atoms with E-state index in [0.717, 1.165) is 25.8 Å². The average Bonchev–Trinajstić information content (AvgIpc) is 4.10. The third kappa shape index (κ3) is 10.3. The fraction of sp³-hybridized carbons (Fsp3) is 0.333. The lowest BCUT2D eigenvalue weighted by atomic mass is 10.1. The van der Waals surface area contributed by atoms with Crippen LogP contribution in [-0.2, 0) is 22.6 Å². The summed E-state index contributed by atoms with van der Waals surface area (Å²) in [4.78, 5) is 38.0. The van der Waals surface area contributed by atoms with Gasteiger partial charge in [0, 0.05) is 41.1 Å². The first kappa shape index (κ1) is 44.0. The molecule has 61 heavy (non-hydrogen) atoms. The lowest BCUT2D eigenvalue weighted by molar-refractivity contribution is -0.368. The summed E-state index contributed by atoms with van der Waals surface area (Å²) in [7, 11) is 0. The number of hydrogen-bond acceptors (Lipinski definition) is 14. The highest BCUT2D eigenvalue weighted by Gasteiger charge is 2.33. The number of halogens is 3. The van der Waals surface area contributed by atoms with Crippen LogP contribution in [0.25, 0.3) is 45.3 Å². The maximum Gasteiger partial charge on any atom is 0.414 e. The molecule has 19 nitrogen and oxygen atoms in total. The number of cyclic esters (lactones) is 2. The van der Waals surface area contributed by atoms with E-state index in [2.05, 4.69) is 53.4 Å². The number of aromatic nitrogens is 10. The van der Waals surface area contributed by atoms with Crippen LogP contribution in [0.1, 0.15) is 26.2 Å². The molecule has 0 aliphatic carbocycles. The number of pyridine rings is 2. The molecular formula is C39H42ClF2N13O6. The molecule has 8 rings (SSSR count). The predicted molar refractivity (Wildman–Crippen MR) is 210 cm³/mol. The zero-order valence-electron chi connectivity index (χ0n) is 32.9. The Kier molecular flexibility index (Phi) is 14.5. The molecule has 4 aromatic heterocycles. The summed E-state index contributed by atoms with van der Waals surface area (Å²) < 4.78 is 39.5. The molecule has 22 heteroatoms. The van der Waals surface area contributed by atoms with E-state index in [1.165, 1.54) is 37.7 Å². The van der Waals surface area contributed by atoms with Crippen molar-refractivity contribution >= 4 is 23.6 Å². The van der Waals surface area contributed by atoms with Gasteiger partial charge in [-0.2, -0.15) is 9.59 Å². The Morgan fingerprint density at radius 1 is 0.705 bits per heavy atom. The summed E-state index contributed by atoms with van der Waals surface area (Å²) in [5.74, 6) is -0.183. The number of benzene rings is 2. The third-order valence-corrected chi connectivity index (χ3v) is 9.52. The van der Waals surface area contributed by atoms with Crippen LogP contribution < -0.4 is 27.9 Å². The molecule has 2 aromatic carbocycles. The zero-order chi connectivity index (χ0) is 42.2. The second kappa shape index (κ2) is 20.1. The van der Waals surface area contributed by atoms with Crippen LogP contribution >= 0.6 is 0 Å². The zero-order valence-corrected chi connectivity index (χ0v) is 33.6.